The lowest BCUT2D eigenvalue weighted by atomic mass is 10.1. The Bertz CT molecular complexity index is 1180. The van der Waals surface area contributed by atoms with E-state index in [0.29, 0.717) is 17.3 Å². The summed E-state index contributed by atoms with van der Waals surface area (Å²) >= 11 is 6.16. The molecule has 1 aromatic heterocycles. The van der Waals surface area contributed by atoms with E-state index < -0.39 is 0 Å². The van der Waals surface area contributed by atoms with E-state index in [0.717, 1.165) is 16.3 Å². The van der Waals surface area contributed by atoms with Gasteiger partial charge >= 0.3 is 0 Å². The Kier molecular flexibility index (Phi) is 5.44. The molecule has 0 fully saturated rings. The second-order valence-corrected chi connectivity index (χ2v) is 6.91. The number of hydrogen-bond acceptors (Lipinski definition) is 3. The molecule has 0 spiro atoms. The van der Waals surface area contributed by atoms with Crippen molar-refractivity contribution in [1.82, 2.24) is 9.78 Å². The third-order valence-corrected chi connectivity index (χ3v) is 4.58. The Morgan fingerprint density at radius 2 is 1.90 bits per heavy atom. The van der Waals surface area contributed by atoms with Crippen LogP contribution in [-0.4, -0.2) is 22.3 Å². The number of benzene rings is 3. The van der Waals surface area contributed by atoms with Gasteiger partial charge in [-0.25, -0.2) is 4.39 Å². The maximum Gasteiger partial charge on any atom is 0.263 e. The van der Waals surface area contributed by atoms with E-state index in [4.69, 9.17) is 16.3 Å². The number of halogens is 2. The van der Waals surface area contributed by atoms with Gasteiger partial charge in [-0.15, -0.1) is 0 Å². The molecule has 0 aliphatic rings. The molecular formula is C22H17ClFN3O2. The van der Waals surface area contributed by atoms with Gasteiger partial charge < -0.3 is 10.1 Å². The highest BCUT2D eigenvalue weighted by Crippen LogP contribution is 2.22. The lowest BCUT2D eigenvalue weighted by Crippen LogP contribution is -2.20. The molecule has 0 radical (unpaired) electrons. The summed E-state index contributed by atoms with van der Waals surface area (Å²) in [7, 11) is 0. The highest BCUT2D eigenvalue weighted by Gasteiger charge is 2.12. The van der Waals surface area contributed by atoms with Gasteiger partial charge in [0, 0.05) is 6.20 Å². The first-order chi connectivity index (χ1) is 14.1. The number of fused-ring (bicyclic) bond motifs is 1. The number of carbonyl (C=O) groups excluding carboxylic acids is 1. The Hall–Kier alpha value is -3.38. The van der Waals surface area contributed by atoms with E-state index in [-0.39, 0.29) is 24.1 Å². The van der Waals surface area contributed by atoms with Crippen molar-refractivity contribution in [2.45, 2.75) is 6.54 Å². The summed E-state index contributed by atoms with van der Waals surface area (Å²) < 4.78 is 20.4. The maximum absolute atomic E-state index is 13.3. The Balaban J connectivity index is 1.37. The fourth-order valence-corrected chi connectivity index (χ4v) is 3.16. The quantitative estimate of drug-likeness (QED) is 0.493. The van der Waals surface area contributed by atoms with Crippen LogP contribution >= 0.6 is 11.6 Å². The van der Waals surface area contributed by atoms with Gasteiger partial charge in [0.15, 0.2) is 12.4 Å². The molecule has 0 aliphatic heterocycles. The van der Waals surface area contributed by atoms with Crippen LogP contribution in [-0.2, 0) is 11.3 Å². The summed E-state index contributed by atoms with van der Waals surface area (Å²) in [6.45, 7) is 0.159. The van der Waals surface area contributed by atoms with Crippen LogP contribution in [0.1, 0.15) is 5.56 Å². The predicted octanol–water partition coefficient (Wildman–Crippen LogP) is 4.89. The molecule has 0 saturated heterocycles. The van der Waals surface area contributed by atoms with Crippen LogP contribution in [0.15, 0.2) is 72.9 Å². The number of aromatic nitrogens is 2. The van der Waals surface area contributed by atoms with Crippen molar-refractivity contribution in [2.75, 3.05) is 11.9 Å². The molecule has 0 bridgehead atoms. The molecular weight excluding hydrogens is 393 g/mol. The van der Waals surface area contributed by atoms with Gasteiger partial charge in [-0.1, -0.05) is 54.1 Å². The summed E-state index contributed by atoms with van der Waals surface area (Å²) in [5.74, 6) is 0.132. The number of carbonyl (C=O) groups is 1. The summed E-state index contributed by atoms with van der Waals surface area (Å²) in [5.41, 5.74) is 0.738. The number of nitrogens with zero attached hydrogens (tertiary/aromatic N) is 2. The number of ether oxygens (including phenoxy) is 1. The van der Waals surface area contributed by atoms with Crippen LogP contribution in [0.25, 0.3) is 10.8 Å². The average molecular weight is 410 g/mol. The molecule has 0 unspecified atom stereocenters. The Morgan fingerprint density at radius 1 is 1.07 bits per heavy atom. The normalized spacial score (nSPS) is 10.8. The first-order valence-electron chi connectivity index (χ1n) is 8.96. The molecule has 3 aromatic carbocycles. The topological polar surface area (TPSA) is 56.1 Å². The number of nitrogens with one attached hydrogen (secondary N) is 1. The fourth-order valence-electron chi connectivity index (χ4n) is 2.96. The summed E-state index contributed by atoms with van der Waals surface area (Å²) in [5, 5.41) is 9.30. The molecule has 1 heterocycles. The average Bonchev–Trinajstić information content (AvgIpc) is 3.05. The molecule has 7 heteroatoms. The summed E-state index contributed by atoms with van der Waals surface area (Å²) in [6.07, 6.45) is 1.58. The van der Waals surface area contributed by atoms with Crippen molar-refractivity contribution in [3.8, 4) is 5.75 Å². The molecule has 146 valence electrons. The second-order valence-electron chi connectivity index (χ2n) is 6.50. The third-order valence-electron chi connectivity index (χ3n) is 4.30. The van der Waals surface area contributed by atoms with Crippen LogP contribution < -0.4 is 10.1 Å². The lowest BCUT2D eigenvalue weighted by molar-refractivity contribution is -0.118. The minimum atomic E-state index is -0.379. The Labute approximate surface area is 171 Å². The van der Waals surface area contributed by atoms with Crippen LogP contribution in [0.4, 0.5) is 10.2 Å². The van der Waals surface area contributed by atoms with Crippen molar-refractivity contribution < 1.29 is 13.9 Å². The van der Waals surface area contributed by atoms with Gasteiger partial charge in [0.05, 0.1) is 6.54 Å². The van der Waals surface area contributed by atoms with Crippen molar-refractivity contribution in [3.05, 3.63) is 89.3 Å². The molecule has 0 aliphatic carbocycles. The number of anilines is 1. The van der Waals surface area contributed by atoms with Gasteiger partial charge in [-0.3, -0.25) is 9.48 Å². The minimum absolute atomic E-state index is 0.175. The molecule has 5 nitrogen and oxygen atoms in total. The van der Waals surface area contributed by atoms with Crippen molar-refractivity contribution in [1.29, 1.82) is 0 Å². The van der Waals surface area contributed by atoms with Crippen LogP contribution in [0.2, 0.25) is 5.02 Å². The second kappa shape index (κ2) is 8.32. The van der Waals surface area contributed by atoms with Crippen molar-refractivity contribution in [3.63, 3.8) is 0 Å². The Morgan fingerprint density at radius 3 is 2.72 bits per heavy atom. The van der Waals surface area contributed by atoms with E-state index in [1.165, 1.54) is 16.8 Å². The van der Waals surface area contributed by atoms with E-state index in [1.807, 2.05) is 42.5 Å². The molecule has 1 amide bonds. The lowest BCUT2D eigenvalue weighted by Gasteiger charge is -2.07. The van der Waals surface area contributed by atoms with Gasteiger partial charge in [0.2, 0.25) is 0 Å². The fraction of sp³-hybridized carbons (Fsp3) is 0.0909. The first kappa shape index (κ1) is 19.0. The van der Waals surface area contributed by atoms with Crippen LogP contribution in [0.3, 0.4) is 0 Å². The zero-order valence-corrected chi connectivity index (χ0v) is 16.1. The molecule has 29 heavy (non-hydrogen) atoms. The number of hydrogen-bond donors (Lipinski definition) is 1. The largest absolute Gasteiger partial charge is 0.484 e. The zero-order chi connectivity index (χ0) is 20.2. The zero-order valence-electron chi connectivity index (χ0n) is 15.3. The van der Waals surface area contributed by atoms with E-state index >= 15 is 0 Å². The summed E-state index contributed by atoms with van der Waals surface area (Å²) in [6, 6.07) is 19.7. The minimum Gasteiger partial charge on any atom is -0.484 e. The number of rotatable bonds is 6. The van der Waals surface area contributed by atoms with Crippen LogP contribution in [0, 0.1) is 5.82 Å². The van der Waals surface area contributed by atoms with Crippen molar-refractivity contribution in [2.24, 2.45) is 0 Å². The molecule has 0 saturated carbocycles. The van der Waals surface area contributed by atoms with Gasteiger partial charge in [0.25, 0.3) is 5.91 Å². The SMILES string of the molecule is O=C(COc1ccc2ccccc2c1)Nc1nn(Cc2cccc(F)c2)cc1Cl. The number of amides is 1. The van der Waals surface area contributed by atoms with Gasteiger partial charge in [0.1, 0.15) is 16.6 Å². The first-order valence-corrected chi connectivity index (χ1v) is 9.33. The molecule has 0 atom stereocenters. The van der Waals surface area contributed by atoms with Crippen molar-refractivity contribution >= 4 is 34.1 Å². The van der Waals surface area contributed by atoms with Gasteiger partial charge in [-0.2, -0.15) is 5.10 Å². The molecule has 4 rings (SSSR count). The van der Waals surface area contributed by atoms with E-state index in [1.54, 1.807) is 18.3 Å². The molecule has 4 aromatic rings. The predicted molar refractivity (Wildman–Crippen MR) is 111 cm³/mol. The monoisotopic (exact) mass is 409 g/mol. The standard InChI is InChI=1S/C22H17ClFN3O2/c23-20-13-27(12-15-4-3-7-18(24)10-15)26-22(20)25-21(28)14-29-19-9-8-16-5-1-2-6-17(16)11-19/h1-11,13H,12,14H2,(H,25,26,28). The molecule has 1 N–H and O–H groups in total. The third kappa shape index (κ3) is 4.73. The highest BCUT2D eigenvalue weighted by molar-refractivity contribution is 6.33. The smallest absolute Gasteiger partial charge is 0.263 e. The van der Waals surface area contributed by atoms with Crippen LogP contribution in [0.5, 0.6) is 5.75 Å². The summed E-state index contributed by atoms with van der Waals surface area (Å²) in [4.78, 5) is 12.2. The van der Waals surface area contributed by atoms with E-state index in [9.17, 15) is 9.18 Å². The highest BCUT2D eigenvalue weighted by atomic mass is 35.5. The maximum atomic E-state index is 13.3. The van der Waals surface area contributed by atoms with Gasteiger partial charge in [-0.05, 0) is 40.6 Å². The van der Waals surface area contributed by atoms with E-state index in [2.05, 4.69) is 10.4 Å².